The Morgan fingerprint density at radius 2 is 1.45 bits per heavy atom. The van der Waals surface area contributed by atoms with Gasteiger partial charge < -0.3 is 5.32 Å². The number of amides is 1. The Kier molecular flexibility index (Phi) is 4.87. The number of aromatic nitrogens is 2. The lowest BCUT2D eigenvalue weighted by atomic mass is 10.1. The third-order valence-electron chi connectivity index (χ3n) is 4.28. The first kappa shape index (κ1) is 18.5. The van der Waals surface area contributed by atoms with Crippen LogP contribution in [0.4, 0.5) is 18.9 Å². The molecule has 0 aliphatic heterocycles. The number of nitrogens with zero attached hydrogens (tertiary/aromatic N) is 2. The van der Waals surface area contributed by atoms with Gasteiger partial charge in [0.15, 0.2) is 0 Å². The van der Waals surface area contributed by atoms with Gasteiger partial charge in [-0.1, -0.05) is 12.1 Å². The highest BCUT2D eigenvalue weighted by Crippen LogP contribution is 2.23. The first-order valence-corrected chi connectivity index (χ1v) is 8.69. The fourth-order valence-corrected chi connectivity index (χ4v) is 2.83. The summed E-state index contributed by atoms with van der Waals surface area (Å²) in [6.45, 7) is 0. The number of para-hydroxylation sites is 1. The number of anilines is 1. The van der Waals surface area contributed by atoms with Crippen molar-refractivity contribution in [3.05, 3.63) is 102 Å². The number of carbonyl (C=O) groups is 1. The summed E-state index contributed by atoms with van der Waals surface area (Å²) in [6.07, 6.45) is 0. The molecule has 1 N–H and O–H groups in total. The lowest BCUT2D eigenvalue weighted by Crippen LogP contribution is -2.17. The highest BCUT2D eigenvalue weighted by Gasteiger charge is 2.19. The molecule has 1 heterocycles. The molecular formula is C22H14F3N3O. The van der Waals surface area contributed by atoms with Crippen molar-refractivity contribution in [2.75, 3.05) is 5.32 Å². The van der Waals surface area contributed by atoms with Gasteiger partial charge in [0.05, 0.1) is 17.1 Å². The molecule has 4 nitrogen and oxygen atoms in total. The van der Waals surface area contributed by atoms with E-state index in [2.05, 4.69) is 10.4 Å². The third kappa shape index (κ3) is 3.89. The average molecular weight is 393 g/mol. The smallest absolute Gasteiger partial charge is 0.274 e. The van der Waals surface area contributed by atoms with Gasteiger partial charge in [-0.2, -0.15) is 5.10 Å². The molecule has 0 unspecified atom stereocenters. The Hall–Kier alpha value is -3.87. The Morgan fingerprint density at radius 3 is 2.10 bits per heavy atom. The largest absolute Gasteiger partial charge is 0.318 e. The van der Waals surface area contributed by atoms with Crippen molar-refractivity contribution in [3.63, 3.8) is 0 Å². The van der Waals surface area contributed by atoms with E-state index in [1.807, 2.05) is 0 Å². The van der Waals surface area contributed by atoms with Gasteiger partial charge in [0.1, 0.15) is 23.1 Å². The van der Waals surface area contributed by atoms with Crippen LogP contribution in [0, 0.1) is 17.5 Å². The van der Waals surface area contributed by atoms with Crippen LogP contribution in [0.15, 0.2) is 78.9 Å². The van der Waals surface area contributed by atoms with Gasteiger partial charge in [0.25, 0.3) is 5.91 Å². The van der Waals surface area contributed by atoms with Crippen molar-refractivity contribution in [2.24, 2.45) is 0 Å². The minimum absolute atomic E-state index is 0.0210. The summed E-state index contributed by atoms with van der Waals surface area (Å²) < 4.78 is 41.8. The second kappa shape index (κ2) is 7.63. The summed E-state index contributed by atoms with van der Waals surface area (Å²) >= 11 is 0. The molecule has 0 spiro atoms. The Balaban J connectivity index is 1.78. The lowest BCUT2D eigenvalue weighted by Gasteiger charge is -2.09. The molecule has 0 saturated heterocycles. The zero-order valence-corrected chi connectivity index (χ0v) is 14.9. The van der Waals surface area contributed by atoms with Crippen LogP contribution < -0.4 is 5.32 Å². The average Bonchev–Trinajstić information content (AvgIpc) is 3.16. The summed E-state index contributed by atoms with van der Waals surface area (Å²) in [7, 11) is 0. The summed E-state index contributed by atoms with van der Waals surface area (Å²) in [5.41, 5.74) is 1.57. The second-order valence-electron chi connectivity index (χ2n) is 6.24. The summed E-state index contributed by atoms with van der Waals surface area (Å²) in [5, 5.41) is 6.93. The van der Waals surface area contributed by atoms with E-state index in [1.54, 1.807) is 6.07 Å². The van der Waals surface area contributed by atoms with Crippen molar-refractivity contribution < 1.29 is 18.0 Å². The monoisotopic (exact) mass is 393 g/mol. The molecule has 4 aromatic rings. The standard InChI is InChI=1S/C22H14F3N3O/c23-15-7-5-14(6-8-15)20-13-21(22(29)26-19-4-2-1-3-18(19)25)28(27-20)17-11-9-16(24)10-12-17/h1-13H,(H,26,29). The van der Waals surface area contributed by atoms with Gasteiger partial charge in [-0.15, -0.1) is 0 Å². The first-order valence-electron chi connectivity index (χ1n) is 8.69. The molecule has 0 bridgehead atoms. The molecule has 0 aliphatic rings. The molecule has 0 fully saturated rings. The molecule has 0 radical (unpaired) electrons. The zero-order valence-electron chi connectivity index (χ0n) is 14.9. The molecule has 144 valence electrons. The molecule has 1 aromatic heterocycles. The number of hydrogen-bond acceptors (Lipinski definition) is 2. The molecule has 3 aromatic carbocycles. The molecular weight excluding hydrogens is 379 g/mol. The molecule has 29 heavy (non-hydrogen) atoms. The number of benzene rings is 3. The van der Waals surface area contributed by atoms with E-state index in [4.69, 9.17) is 0 Å². The maximum absolute atomic E-state index is 13.9. The van der Waals surface area contributed by atoms with E-state index in [1.165, 1.54) is 77.5 Å². The van der Waals surface area contributed by atoms with Crippen LogP contribution in [0.2, 0.25) is 0 Å². The van der Waals surface area contributed by atoms with Gasteiger partial charge >= 0.3 is 0 Å². The van der Waals surface area contributed by atoms with Crippen LogP contribution in [0.1, 0.15) is 10.5 Å². The fraction of sp³-hybridized carbons (Fsp3) is 0. The molecule has 4 rings (SSSR count). The minimum Gasteiger partial charge on any atom is -0.318 e. The minimum atomic E-state index is -0.597. The van der Waals surface area contributed by atoms with E-state index in [-0.39, 0.29) is 11.4 Å². The van der Waals surface area contributed by atoms with Crippen LogP contribution in [-0.4, -0.2) is 15.7 Å². The van der Waals surface area contributed by atoms with Gasteiger partial charge in [0.2, 0.25) is 0 Å². The summed E-state index contributed by atoms with van der Waals surface area (Å²) in [4.78, 5) is 12.9. The number of hydrogen-bond donors (Lipinski definition) is 1. The predicted octanol–water partition coefficient (Wildman–Crippen LogP) is 5.21. The topological polar surface area (TPSA) is 46.9 Å². The second-order valence-corrected chi connectivity index (χ2v) is 6.24. The fourth-order valence-electron chi connectivity index (χ4n) is 2.83. The van der Waals surface area contributed by atoms with Gasteiger partial charge in [-0.3, -0.25) is 4.79 Å². The van der Waals surface area contributed by atoms with Crippen LogP contribution >= 0.6 is 0 Å². The maximum atomic E-state index is 13.9. The predicted molar refractivity (Wildman–Crippen MR) is 103 cm³/mol. The van der Waals surface area contributed by atoms with Gasteiger partial charge in [-0.05, 0) is 66.7 Å². The van der Waals surface area contributed by atoms with Crippen molar-refractivity contribution in [1.29, 1.82) is 0 Å². The number of nitrogens with one attached hydrogen (secondary N) is 1. The SMILES string of the molecule is O=C(Nc1ccccc1F)c1cc(-c2ccc(F)cc2)nn1-c1ccc(F)cc1. The lowest BCUT2D eigenvalue weighted by molar-refractivity contribution is 0.101. The normalized spacial score (nSPS) is 10.7. The van der Waals surface area contributed by atoms with Crippen molar-refractivity contribution >= 4 is 11.6 Å². The van der Waals surface area contributed by atoms with E-state index in [0.717, 1.165) is 0 Å². The van der Waals surface area contributed by atoms with Crippen LogP contribution in [0.5, 0.6) is 0 Å². The van der Waals surface area contributed by atoms with Crippen LogP contribution in [0.3, 0.4) is 0 Å². The number of rotatable bonds is 4. The van der Waals surface area contributed by atoms with Crippen LogP contribution in [0.25, 0.3) is 16.9 Å². The van der Waals surface area contributed by atoms with Gasteiger partial charge in [0, 0.05) is 5.56 Å². The number of carbonyl (C=O) groups excluding carboxylic acids is 1. The molecule has 0 saturated carbocycles. The van der Waals surface area contributed by atoms with E-state index >= 15 is 0 Å². The molecule has 7 heteroatoms. The van der Waals surface area contributed by atoms with Crippen molar-refractivity contribution in [1.82, 2.24) is 9.78 Å². The Labute approximate surface area is 164 Å². The van der Waals surface area contributed by atoms with Crippen LogP contribution in [-0.2, 0) is 0 Å². The van der Waals surface area contributed by atoms with E-state index in [0.29, 0.717) is 16.9 Å². The Bertz CT molecular complexity index is 1170. The van der Waals surface area contributed by atoms with Gasteiger partial charge in [-0.25, -0.2) is 17.9 Å². The zero-order chi connectivity index (χ0) is 20.4. The summed E-state index contributed by atoms with van der Waals surface area (Å²) in [6, 6.07) is 18.3. The maximum Gasteiger partial charge on any atom is 0.274 e. The molecule has 0 aliphatic carbocycles. The quantitative estimate of drug-likeness (QED) is 0.517. The molecule has 0 atom stereocenters. The third-order valence-corrected chi connectivity index (χ3v) is 4.28. The number of halogens is 3. The highest BCUT2D eigenvalue weighted by molar-refractivity contribution is 6.04. The summed E-state index contributed by atoms with van der Waals surface area (Å²) in [5.74, 6) is -2.01. The Morgan fingerprint density at radius 1 is 0.828 bits per heavy atom. The van der Waals surface area contributed by atoms with E-state index < -0.39 is 23.4 Å². The van der Waals surface area contributed by atoms with E-state index in [9.17, 15) is 18.0 Å². The van der Waals surface area contributed by atoms with Crippen molar-refractivity contribution in [2.45, 2.75) is 0 Å². The highest BCUT2D eigenvalue weighted by atomic mass is 19.1. The first-order chi connectivity index (χ1) is 14.0. The molecule has 1 amide bonds. The van der Waals surface area contributed by atoms with Crippen molar-refractivity contribution in [3.8, 4) is 16.9 Å².